The molecular formula is C14H15ClN2O3S. The van der Waals surface area contributed by atoms with Crippen molar-refractivity contribution in [1.29, 1.82) is 0 Å². The molecule has 2 rings (SSSR count). The number of pyridine rings is 1. The SMILES string of the molecule is COc1ccc(C(C)NS(=O)(=O)c2ccc(Cl)nc2)cc1. The van der Waals surface area contributed by atoms with E-state index in [1.54, 1.807) is 26.2 Å². The summed E-state index contributed by atoms with van der Waals surface area (Å²) in [5.74, 6) is 0.718. The molecule has 1 unspecified atom stereocenters. The van der Waals surface area contributed by atoms with Gasteiger partial charge in [-0.1, -0.05) is 23.7 Å². The largest absolute Gasteiger partial charge is 0.497 e. The summed E-state index contributed by atoms with van der Waals surface area (Å²) in [6.45, 7) is 1.77. The van der Waals surface area contributed by atoms with Gasteiger partial charge in [-0.15, -0.1) is 0 Å². The molecule has 1 atom stereocenters. The van der Waals surface area contributed by atoms with Gasteiger partial charge in [0.15, 0.2) is 0 Å². The normalized spacial score (nSPS) is 12.9. The fraction of sp³-hybridized carbons (Fsp3) is 0.214. The number of methoxy groups -OCH3 is 1. The predicted octanol–water partition coefficient (Wildman–Crippen LogP) is 2.78. The Morgan fingerprint density at radius 2 is 1.86 bits per heavy atom. The number of ether oxygens (including phenoxy) is 1. The lowest BCUT2D eigenvalue weighted by atomic mass is 10.1. The summed E-state index contributed by atoms with van der Waals surface area (Å²) in [7, 11) is -2.06. The van der Waals surface area contributed by atoms with Gasteiger partial charge in [0.25, 0.3) is 0 Å². The van der Waals surface area contributed by atoms with Crippen molar-refractivity contribution in [3.63, 3.8) is 0 Å². The lowest BCUT2D eigenvalue weighted by Gasteiger charge is -2.15. The Balaban J connectivity index is 2.17. The molecule has 21 heavy (non-hydrogen) atoms. The van der Waals surface area contributed by atoms with Crippen LogP contribution in [0.2, 0.25) is 5.15 Å². The molecular weight excluding hydrogens is 312 g/mol. The third-order valence-corrected chi connectivity index (χ3v) is 4.71. The molecule has 2 aromatic rings. The molecule has 1 aromatic carbocycles. The molecule has 0 amide bonds. The Hall–Kier alpha value is -1.63. The minimum absolute atomic E-state index is 0.0762. The van der Waals surface area contributed by atoms with Crippen LogP contribution in [0.5, 0.6) is 5.75 Å². The maximum absolute atomic E-state index is 12.2. The zero-order valence-corrected chi connectivity index (χ0v) is 13.1. The van der Waals surface area contributed by atoms with Crippen molar-refractivity contribution in [3.8, 4) is 5.75 Å². The summed E-state index contributed by atoms with van der Waals surface area (Å²) in [6.07, 6.45) is 1.23. The predicted molar refractivity (Wildman–Crippen MR) is 81.0 cm³/mol. The molecule has 0 aliphatic rings. The van der Waals surface area contributed by atoms with Gasteiger partial charge in [0, 0.05) is 12.2 Å². The molecule has 5 nitrogen and oxygen atoms in total. The van der Waals surface area contributed by atoms with Crippen molar-refractivity contribution in [2.75, 3.05) is 7.11 Å². The smallest absolute Gasteiger partial charge is 0.242 e. The van der Waals surface area contributed by atoms with E-state index in [2.05, 4.69) is 9.71 Å². The minimum Gasteiger partial charge on any atom is -0.497 e. The van der Waals surface area contributed by atoms with Crippen molar-refractivity contribution in [1.82, 2.24) is 9.71 Å². The maximum Gasteiger partial charge on any atom is 0.242 e. The lowest BCUT2D eigenvalue weighted by molar-refractivity contribution is 0.414. The maximum atomic E-state index is 12.2. The van der Waals surface area contributed by atoms with Crippen LogP contribution in [0.4, 0.5) is 0 Å². The number of hydrogen-bond acceptors (Lipinski definition) is 4. The van der Waals surface area contributed by atoms with Crippen molar-refractivity contribution >= 4 is 21.6 Å². The number of sulfonamides is 1. The van der Waals surface area contributed by atoms with Crippen molar-refractivity contribution in [2.24, 2.45) is 0 Å². The van der Waals surface area contributed by atoms with Gasteiger partial charge in [-0.25, -0.2) is 18.1 Å². The Bertz CT molecular complexity index is 700. The van der Waals surface area contributed by atoms with E-state index in [-0.39, 0.29) is 16.1 Å². The average molecular weight is 327 g/mol. The molecule has 0 aliphatic heterocycles. The van der Waals surface area contributed by atoms with Crippen LogP contribution < -0.4 is 9.46 Å². The summed E-state index contributed by atoms with van der Waals surface area (Å²) in [6, 6.07) is 9.66. The molecule has 0 fully saturated rings. The first kappa shape index (κ1) is 15.8. The molecule has 0 aliphatic carbocycles. The first-order valence-corrected chi connectivity index (χ1v) is 8.06. The van der Waals surface area contributed by atoms with Crippen LogP contribution >= 0.6 is 11.6 Å². The van der Waals surface area contributed by atoms with Gasteiger partial charge in [0.2, 0.25) is 10.0 Å². The number of rotatable bonds is 5. The van der Waals surface area contributed by atoms with Crippen LogP contribution in [0.1, 0.15) is 18.5 Å². The summed E-state index contributed by atoms with van der Waals surface area (Å²) < 4.78 is 32.1. The number of aromatic nitrogens is 1. The molecule has 1 N–H and O–H groups in total. The molecule has 0 spiro atoms. The Kier molecular flexibility index (Phi) is 4.82. The molecule has 112 valence electrons. The molecule has 7 heteroatoms. The van der Waals surface area contributed by atoms with Crippen molar-refractivity contribution in [2.45, 2.75) is 17.9 Å². The highest BCUT2D eigenvalue weighted by Crippen LogP contribution is 2.20. The highest BCUT2D eigenvalue weighted by molar-refractivity contribution is 7.89. The van der Waals surface area contributed by atoms with E-state index in [9.17, 15) is 8.42 Å². The number of nitrogens with one attached hydrogen (secondary N) is 1. The zero-order valence-electron chi connectivity index (χ0n) is 11.6. The van der Waals surface area contributed by atoms with Crippen molar-refractivity contribution < 1.29 is 13.2 Å². The van der Waals surface area contributed by atoms with Crippen molar-refractivity contribution in [3.05, 3.63) is 53.3 Å². The second kappa shape index (κ2) is 6.43. The highest BCUT2D eigenvalue weighted by atomic mass is 35.5. The van der Waals surface area contributed by atoms with Crippen LogP contribution in [0.25, 0.3) is 0 Å². The summed E-state index contributed by atoms with van der Waals surface area (Å²) in [5, 5.41) is 0.247. The number of nitrogens with zero attached hydrogens (tertiary/aromatic N) is 1. The second-order valence-electron chi connectivity index (χ2n) is 4.43. The van der Waals surface area contributed by atoms with Gasteiger partial charge >= 0.3 is 0 Å². The molecule has 0 saturated heterocycles. The third kappa shape index (κ3) is 3.93. The van der Waals surface area contributed by atoms with E-state index in [0.717, 1.165) is 11.3 Å². The fourth-order valence-corrected chi connectivity index (χ4v) is 3.07. The standard InChI is InChI=1S/C14H15ClN2O3S/c1-10(11-3-5-12(20-2)6-4-11)17-21(18,19)13-7-8-14(15)16-9-13/h3-10,17H,1-2H3. The van der Waals surface area contributed by atoms with E-state index in [1.807, 2.05) is 12.1 Å². The Morgan fingerprint density at radius 1 is 1.19 bits per heavy atom. The summed E-state index contributed by atoms with van der Waals surface area (Å²) in [5.41, 5.74) is 0.835. The number of benzene rings is 1. The van der Waals surface area contributed by atoms with Gasteiger partial charge < -0.3 is 4.74 Å². The van der Waals surface area contributed by atoms with Gasteiger partial charge in [0.1, 0.15) is 15.8 Å². The van der Waals surface area contributed by atoms with Gasteiger partial charge in [-0.05, 0) is 36.8 Å². The summed E-state index contributed by atoms with van der Waals surface area (Å²) in [4.78, 5) is 3.85. The fourth-order valence-electron chi connectivity index (χ4n) is 1.78. The Morgan fingerprint density at radius 3 is 2.38 bits per heavy atom. The first-order chi connectivity index (χ1) is 9.92. The number of hydrogen-bond donors (Lipinski definition) is 1. The van der Waals surface area contributed by atoms with E-state index in [0.29, 0.717) is 0 Å². The number of halogens is 1. The molecule has 1 heterocycles. The van der Waals surface area contributed by atoms with Crippen LogP contribution in [0.15, 0.2) is 47.5 Å². The van der Waals surface area contributed by atoms with Gasteiger partial charge in [0.05, 0.1) is 7.11 Å². The highest BCUT2D eigenvalue weighted by Gasteiger charge is 2.18. The Labute approximate surface area is 129 Å². The average Bonchev–Trinajstić information content (AvgIpc) is 2.47. The van der Waals surface area contributed by atoms with E-state index in [1.165, 1.54) is 18.3 Å². The monoisotopic (exact) mass is 326 g/mol. The summed E-state index contributed by atoms with van der Waals surface area (Å²) >= 11 is 5.65. The lowest BCUT2D eigenvalue weighted by Crippen LogP contribution is -2.27. The topological polar surface area (TPSA) is 68.3 Å². The van der Waals surface area contributed by atoms with Crippen LogP contribution in [0, 0.1) is 0 Å². The van der Waals surface area contributed by atoms with Crippen LogP contribution in [-0.4, -0.2) is 20.5 Å². The van der Waals surface area contributed by atoms with Gasteiger partial charge in [-0.2, -0.15) is 0 Å². The zero-order chi connectivity index (χ0) is 15.5. The van der Waals surface area contributed by atoms with E-state index < -0.39 is 10.0 Å². The van der Waals surface area contributed by atoms with E-state index in [4.69, 9.17) is 16.3 Å². The third-order valence-electron chi connectivity index (χ3n) is 2.96. The second-order valence-corrected chi connectivity index (χ2v) is 6.53. The van der Waals surface area contributed by atoms with Gasteiger partial charge in [-0.3, -0.25) is 0 Å². The first-order valence-electron chi connectivity index (χ1n) is 6.20. The quantitative estimate of drug-likeness (QED) is 0.858. The van der Waals surface area contributed by atoms with E-state index >= 15 is 0 Å². The van der Waals surface area contributed by atoms with Crippen LogP contribution in [-0.2, 0) is 10.0 Å². The van der Waals surface area contributed by atoms with Crippen LogP contribution in [0.3, 0.4) is 0 Å². The molecule has 0 saturated carbocycles. The molecule has 0 radical (unpaired) electrons. The minimum atomic E-state index is -3.64. The molecule has 0 bridgehead atoms. The molecule has 1 aromatic heterocycles.